The van der Waals surface area contributed by atoms with Crippen molar-refractivity contribution in [3.63, 3.8) is 0 Å². The summed E-state index contributed by atoms with van der Waals surface area (Å²) in [6.07, 6.45) is 6.84. The fraction of sp³-hybridized carbons (Fsp3) is 0.647. The van der Waals surface area contributed by atoms with Crippen molar-refractivity contribution in [2.75, 3.05) is 31.1 Å². The highest BCUT2D eigenvalue weighted by molar-refractivity contribution is 5.53. The summed E-state index contributed by atoms with van der Waals surface area (Å²) in [6.45, 7) is 5.65. The van der Waals surface area contributed by atoms with Crippen molar-refractivity contribution in [2.24, 2.45) is 5.73 Å². The predicted octanol–water partition coefficient (Wildman–Crippen LogP) is 2.60. The number of likely N-dealkylation sites (tertiary alicyclic amines) is 1. The lowest BCUT2D eigenvalue weighted by molar-refractivity contribution is 0.141. The van der Waals surface area contributed by atoms with E-state index in [1.165, 1.54) is 69.5 Å². The van der Waals surface area contributed by atoms with Crippen LogP contribution in [0.25, 0.3) is 0 Å². The molecule has 2 saturated heterocycles. The van der Waals surface area contributed by atoms with E-state index in [9.17, 15) is 0 Å². The maximum Gasteiger partial charge on any atom is 0.0411 e. The molecule has 0 amide bonds. The van der Waals surface area contributed by atoms with Crippen LogP contribution in [0.5, 0.6) is 0 Å². The zero-order valence-electron chi connectivity index (χ0n) is 12.4. The molecule has 1 aromatic rings. The predicted molar refractivity (Wildman–Crippen MR) is 85.0 cm³/mol. The molecule has 0 unspecified atom stereocenters. The molecule has 20 heavy (non-hydrogen) atoms. The van der Waals surface area contributed by atoms with Crippen molar-refractivity contribution in [3.05, 3.63) is 29.8 Å². The van der Waals surface area contributed by atoms with Crippen LogP contribution in [0.1, 0.15) is 37.7 Å². The summed E-state index contributed by atoms with van der Waals surface area (Å²) in [4.78, 5) is 5.26. The lowest BCUT2D eigenvalue weighted by atomic mass is 9.99. The summed E-state index contributed by atoms with van der Waals surface area (Å²) in [6, 6.07) is 9.42. The largest absolute Gasteiger partial charge is 0.371 e. The summed E-state index contributed by atoms with van der Waals surface area (Å²) in [5, 5.41) is 0. The zero-order chi connectivity index (χ0) is 13.8. The normalized spacial score (nSPS) is 22.1. The Bertz CT molecular complexity index is 418. The van der Waals surface area contributed by atoms with Crippen LogP contribution in [-0.4, -0.2) is 37.1 Å². The smallest absolute Gasteiger partial charge is 0.0411 e. The molecule has 2 aliphatic heterocycles. The molecular formula is C17H27N3. The quantitative estimate of drug-likeness (QED) is 0.919. The van der Waals surface area contributed by atoms with Crippen LogP contribution in [0.15, 0.2) is 24.3 Å². The van der Waals surface area contributed by atoms with Gasteiger partial charge in [-0.25, -0.2) is 0 Å². The number of piperidine rings is 2. The molecule has 0 aromatic heterocycles. The van der Waals surface area contributed by atoms with E-state index in [1.807, 2.05) is 0 Å². The SMILES string of the molecule is NCc1ccccc1N1CCC(N2CCCCC2)CC1. The summed E-state index contributed by atoms with van der Waals surface area (Å²) in [5.74, 6) is 0. The minimum absolute atomic E-state index is 0.641. The molecule has 3 heteroatoms. The topological polar surface area (TPSA) is 32.5 Å². The Balaban J connectivity index is 1.60. The van der Waals surface area contributed by atoms with E-state index in [0.29, 0.717) is 6.54 Å². The third-order valence-electron chi connectivity index (χ3n) is 4.92. The van der Waals surface area contributed by atoms with Gasteiger partial charge in [-0.15, -0.1) is 0 Å². The first-order valence-electron chi connectivity index (χ1n) is 8.15. The van der Waals surface area contributed by atoms with E-state index >= 15 is 0 Å². The fourth-order valence-corrected chi connectivity index (χ4v) is 3.75. The van der Waals surface area contributed by atoms with Crippen LogP contribution in [0.3, 0.4) is 0 Å². The molecule has 2 heterocycles. The third-order valence-corrected chi connectivity index (χ3v) is 4.92. The van der Waals surface area contributed by atoms with Gasteiger partial charge in [-0.05, 0) is 50.4 Å². The van der Waals surface area contributed by atoms with Gasteiger partial charge in [0.05, 0.1) is 0 Å². The van der Waals surface area contributed by atoms with Gasteiger partial charge in [-0.1, -0.05) is 24.6 Å². The van der Waals surface area contributed by atoms with Crippen molar-refractivity contribution in [2.45, 2.75) is 44.7 Å². The maximum atomic E-state index is 5.87. The molecular weight excluding hydrogens is 246 g/mol. The number of rotatable bonds is 3. The lowest BCUT2D eigenvalue weighted by Crippen LogP contribution is -2.47. The van der Waals surface area contributed by atoms with Crippen molar-refractivity contribution in [1.29, 1.82) is 0 Å². The molecule has 2 N–H and O–H groups in total. The minimum atomic E-state index is 0.641. The molecule has 3 rings (SSSR count). The van der Waals surface area contributed by atoms with Crippen LogP contribution >= 0.6 is 0 Å². The Hall–Kier alpha value is -1.06. The molecule has 3 nitrogen and oxygen atoms in total. The van der Waals surface area contributed by atoms with Gasteiger partial charge >= 0.3 is 0 Å². The second kappa shape index (κ2) is 6.59. The number of nitrogens with zero attached hydrogens (tertiary/aromatic N) is 2. The molecule has 0 aliphatic carbocycles. The van der Waals surface area contributed by atoms with Crippen LogP contribution < -0.4 is 10.6 Å². The molecule has 0 atom stereocenters. The molecule has 0 bridgehead atoms. The van der Waals surface area contributed by atoms with E-state index in [4.69, 9.17) is 5.73 Å². The molecule has 2 fully saturated rings. The monoisotopic (exact) mass is 273 g/mol. The van der Waals surface area contributed by atoms with Crippen LogP contribution in [0.2, 0.25) is 0 Å². The molecule has 0 spiro atoms. The number of hydrogen-bond acceptors (Lipinski definition) is 3. The van der Waals surface area contributed by atoms with Gasteiger partial charge in [0, 0.05) is 31.4 Å². The van der Waals surface area contributed by atoms with Gasteiger partial charge in [0.15, 0.2) is 0 Å². The molecule has 2 aliphatic rings. The fourth-order valence-electron chi connectivity index (χ4n) is 3.75. The second-order valence-corrected chi connectivity index (χ2v) is 6.15. The van der Waals surface area contributed by atoms with Gasteiger partial charge < -0.3 is 15.5 Å². The van der Waals surface area contributed by atoms with E-state index in [1.54, 1.807) is 0 Å². The number of para-hydroxylation sites is 1. The average Bonchev–Trinajstić information content (AvgIpc) is 2.56. The van der Waals surface area contributed by atoms with Crippen molar-refractivity contribution in [3.8, 4) is 0 Å². The van der Waals surface area contributed by atoms with Gasteiger partial charge in [-0.3, -0.25) is 0 Å². The van der Waals surface area contributed by atoms with E-state index in [-0.39, 0.29) is 0 Å². The molecule has 0 radical (unpaired) electrons. The third kappa shape index (κ3) is 2.99. The molecule has 0 saturated carbocycles. The number of hydrogen-bond donors (Lipinski definition) is 1. The second-order valence-electron chi connectivity index (χ2n) is 6.15. The van der Waals surface area contributed by atoms with Crippen molar-refractivity contribution >= 4 is 5.69 Å². The Morgan fingerprint density at radius 3 is 2.35 bits per heavy atom. The van der Waals surface area contributed by atoms with Gasteiger partial charge in [0.1, 0.15) is 0 Å². The van der Waals surface area contributed by atoms with E-state index in [0.717, 1.165) is 6.04 Å². The number of benzene rings is 1. The van der Waals surface area contributed by atoms with Crippen LogP contribution in [-0.2, 0) is 6.54 Å². The summed E-state index contributed by atoms with van der Waals surface area (Å²) in [5.41, 5.74) is 8.50. The van der Waals surface area contributed by atoms with Crippen LogP contribution in [0, 0.1) is 0 Å². The Labute approximate surface area is 122 Å². The van der Waals surface area contributed by atoms with Gasteiger partial charge in [-0.2, -0.15) is 0 Å². The molecule has 1 aromatic carbocycles. The van der Waals surface area contributed by atoms with Crippen molar-refractivity contribution in [1.82, 2.24) is 4.90 Å². The highest BCUT2D eigenvalue weighted by Gasteiger charge is 2.26. The lowest BCUT2D eigenvalue weighted by Gasteiger charge is -2.41. The Morgan fingerprint density at radius 1 is 0.950 bits per heavy atom. The Kier molecular flexibility index (Phi) is 4.58. The van der Waals surface area contributed by atoms with E-state index < -0.39 is 0 Å². The van der Waals surface area contributed by atoms with Crippen LogP contribution in [0.4, 0.5) is 5.69 Å². The summed E-state index contributed by atoms with van der Waals surface area (Å²) in [7, 11) is 0. The van der Waals surface area contributed by atoms with Crippen molar-refractivity contribution < 1.29 is 0 Å². The first-order chi connectivity index (χ1) is 9.88. The minimum Gasteiger partial charge on any atom is -0.371 e. The zero-order valence-corrected chi connectivity index (χ0v) is 12.4. The number of anilines is 1. The van der Waals surface area contributed by atoms with Gasteiger partial charge in [0.25, 0.3) is 0 Å². The highest BCUT2D eigenvalue weighted by atomic mass is 15.2. The Morgan fingerprint density at radius 2 is 1.65 bits per heavy atom. The molecule has 110 valence electrons. The maximum absolute atomic E-state index is 5.87. The van der Waals surface area contributed by atoms with Gasteiger partial charge in [0.2, 0.25) is 0 Å². The highest BCUT2D eigenvalue weighted by Crippen LogP contribution is 2.26. The summed E-state index contributed by atoms with van der Waals surface area (Å²) < 4.78 is 0. The average molecular weight is 273 g/mol. The number of nitrogens with two attached hydrogens (primary N) is 1. The standard InChI is InChI=1S/C17H27N3/c18-14-15-6-2-3-7-17(15)20-12-8-16(9-13-20)19-10-4-1-5-11-19/h2-3,6-7,16H,1,4-5,8-14,18H2. The first-order valence-corrected chi connectivity index (χ1v) is 8.15. The summed E-state index contributed by atoms with van der Waals surface area (Å²) >= 11 is 0. The van der Waals surface area contributed by atoms with E-state index in [2.05, 4.69) is 34.1 Å². The first kappa shape index (κ1) is 13.9.